The van der Waals surface area contributed by atoms with E-state index in [9.17, 15) is 30.0 Å². The van der Waals surface area contributed by atoms with Crippen molar-refractivity contribution in [3.8, 4) is 0 Å². The van der Waals surface area contributed by atoms with Crippen LogP contribution >= 0.6 is 0 Å². The van der Waals surface area contributed by atoms with Crippen molar-refractivity contribution in [1.29, 1.82) is 0 Å². The van der Waals surface area contributed by atoms with E-state index >= 15 is 0 Å². The van der Waals surface area contributed by atoms with Crippen LogP contribution in [0, 0.1) is 0 Å². The zero-order valence-electron chi connectivity index (χ0n) is 37.0. The molecule has 10 nitrogen and oxygen atoms in total. The lowest BCUT2D eigenvalue weighted by atomic mass is 9.99. The molecule has 59 heavy (non-hydrogen) atoms. The molecule has 4 N–H and O–H groups in total. The summed E-state index contributed by atoms with van der Waals surface area (Å²) in [6.45, 7) is 3.33. The molecule has 0 aromatic carbocycles. The van der Waals surface area contributed by atoms with E-state index in [1.807, 2.05) is 6.08 Å². The topological polar surface area (TPSA) is 152 Å². The Morgan fingerprint density at radius 3 is 1.53 bits per heavy atom. The number of aliphatic hydroxyl groups is 4. The standard InChI is InChI=1S/C49H84O10/c1-3-5-7-9-11-13-15-17-19-21-23-25-27-29-31-33-35-37-44(51)56-40-42(41-57-49-48(55)47(54)46(53)43(39-50)59-49)58-45(52)38-36-34-32-30-28-26-24-22-20-18-16-14-12-10-8-6-4-2/h12-15,18,20,24,26,30,32,42-43,46-50,53-55H,3-11,16-17,19,21-23,25,27-29,31,33-41H2,1-2H3/b14-12+,15-13+,20-18+,26-24+,32-30+/t42-,43-,46+,47?,48?,49-/m0/s1. The van der Waals surface area contributed by atoms with Crippen LogP contribution in [0.1, 0.15) is 181 Å². The van der Waals surface area contributed by atoms with Crippen molar-refractivity contribution in [2.24, 2.45) is 0 Å². The van der Waals surface area contributed by atoms with Gasteiger partial charge in [0, 0.05) is 12.8 Å². The summed E-state index contributed by atoms with van der Waals surface area (Å²) in [7, 11) is 0. The van der Waals surface area contributed by atoms with Crippen LogP contribution in [-0.2, 0) is 28.5 Å². The molecule has 0 saturated carbocycles. The predicted molar refractivity (Wildman–Crippen MR) is 238 cm³/mol. The van der Waals surface area contributed by atoms with Crippen molar-refractivity contribution < 1.29 is 49.0 Å². The lowest BCUT2D eigenvalue weighted by molar-refractivity contribution is -0.305. The molecular formula is C49H84O10. The summed E-state index contributed by atoms with van der Waals surface area (Å²) in [4.78, 5) is 25.3. The van der Waals surface area contributed by atoms with Gasteiger partial charge in [-0.3, -0.25) is 9.59 Å². The molecular weight excluding hydrogens is 749 g/mol. The Bertz CT molecular complexity index is 1150. The summed E-state index contributed by atoms with van der Waals surface area (Å²) in [5, 5.41) is 40.1. The summed E-state index contributed by atoms with van der Waals surface area (Å²) in [5.41, 5.74) is 0. The van der Waals surface area contributed by atoms with Crippen molar-refractivity contribution in [3.05, 3.63) is 60.8 Å². The van der Waals surface area contributed by atoms with E-state index in [2.05, 4.69) is 68.5 Å². The maximum atomic E-state index is 12.8. The Kier molecular flexibility index (Phi) is 36.5. The molecule has 0 aliphatic carbocycles. The van der Waals surface area contributed by atoms with E-state index in [4.69, 9.17) is 18.9 Å². The first-order valence-corrected chi connectivity index (χ1v) is 23.4. The fraction of sp³-hybridized carbons (Fsp3) is 0.755. The van der Waals surface area contributed by atoms with Crippen molar-refractivity contribution >= 4 is 11.9 Å². The van der Waals surface area contributed by atoms with Crippen LogP contribution in [0.15, 0.2) is 60.8 Å². The second kappa shape index (κ2) is 39.5. The van der Waals surface area contributed by atoms with Gasteiger partial charge in [-0.1, -0.05) is 152 Å². The number of rotatable bonds is 38. The zero-order chi connectivity index (χ0) is 43.0. The Morgan fingerprint density at radius 1 is 0.525 bits per heavy atom. The fourth-order valence-corrected chi connectivity index (χ4v) is 6.65. The van der Waals surface area contributed by atoms with E-state index < -0.39 is 55.4 Å². The maximum Gasteiger partial charge on any atom is 0.306 e. The van der Waals surface area contributed by atoms with Gasteiger partial charge in [0.2, 0.25) is 0 Å². The van der Waals surface area contributed by atoms with E-state index in [1.54, 1.807) is 0 Å². The Hall–Kier alpha value is -2.60. The first-order valence-electron chi connectivity index (χ1n) is 23.4. The van der Waals surface area contributed by atoms with Gasteiger partial charge in [-0.2, -0.15) is 0 Å². The molecule has 340 valence electrons. The molecule has 1 fully saturated rings. The number of ether oxygens (including phenoxy) is 4. The van der Waals surface area contributed by atoms with Crippen LogP contribution in [0.5, 0.6) is 0 Å². The summed E-state index contributed by atoms with van der Waals surface area (Å²) in [6, 6.07) is 0. The quantitative estimate of drug-likeness (QED) is 0.0269. The minimum atomic E-state index is -1.61. The minimum Gasteiger partial charge on any atom is -0.462 e. The van der Waals surface area contributed by atoms with Crippen LogP contribution in [0.4, 0.5) is 0 Å². The van der Waals surface area contributed by atoms with E-state index in [-0.39, 0.29) is 26.1 Å². The van der Waals surface area contributed by atoms with Crippen LogP contribution in [-0.4, -0.2) is 89.0 Å². The van der Waals surface area contributed by atoms with Crippen molar-refractivity contribution in [2.45, 2.75) is 218 Å². The first kappa shape index (κ1) is 54.4. The number of hydrogen-bond donors (Lipinski definition) is 4. The summed E-state index contributed by atoms with van der Waals surface area (Å²) in [5.74, 6) is -0.876. The van der Waals surface area contributed by atoms with Gasteiger partial charge >= 0.3 is 11.9 Å². The van der Waals surface area contributed by atoms with E-state index in [0.717, 1.165) is 44.9 Å². The Morgan fingerprint density at radius 2 is 0.966 bits per heavy atom. The van der Waals surface area contributed by atoms with Crippen LogP contribution < -0.4 is 0 Å². The SMILES string of the molecule is CCCCC/C=C/C/C=C/C/C=C/C/C=C/CCCC(=O)O[C@@H](COC(=O)CCCCCCCCCCC/C=C/CCCCCC)CO[C@H]1O[C@@H](CO)[C@@H](O)C(O)C1O. The van der Waals surface area contributed by atoms with E-state index in [0.29, 0.717) is 19.3 Å². The lowest BCUT2D eigenvalue weighted by Gasteiger charge is -2.39. The number of unbranched alkanes of at least 4 members (excludes halogenated alkanes) is 17. The predicted octanol–water partition coefficient (Wildman–Crippen LogP) is 10.2. The minimum absolute atomic E-state index is 0.152. The molecule has 0 bridgehead atoms. The average Bonchev–Trinajstić information content (AvgIpc) is 3.23. The molecule has 0 aromatic heterocycles. The summed E-state index contributed by atoms with van der Waals surface area (Å²) in [6.07, 6.45) is 40.8. The molecule has 2 unspecified atom stereocenters. The largest absolute Gasteiger partial charge is 0.462 e. The molecule has 0 spiro atoms. The molecule has 1 aliphatic rings. The smallest absolute Gasteiger partial charge is 0.306 e. The molecule has 0 radical (unpaired) electrons. The highest BCUT2D eigenvalue weighted by Gasteiger charge is 2.44. The van der Waals surface area contributed by atoms with Gasteiger partial charge < -0.3 is 39.4 Å². The van der Waals surface area contributed by atoms with Crippen molar-refractivity contribution in [3.63, 3.8) is 0 Å². The Labute approximate surface area is 358 Å². The third-order valence-electron chi connectivity index (χ3n) is 10.4. The molecule has 0 aromatic rings. The number of esters is 2. The maximum absolute atomic E-state index is 12.8. The van der Waals surface area contributed by atoms with Crippen molar-refractivity contribution in [1.82, 2.24) is 0 Å². The second-order valence-electron chi connectivity index (χ2n) is 15.8. The highest BCUT2D eigenvalue weighted by atomic mass is 16.7. The fourth-order valence-electron chi connectivity index (χ4n) is 6.65. The summed E-state index contributed by atoms with van der Waals surface area (Å²) < 4.78 is 22.1. The molecule has 1 heterocycles. The third kappa shape index (κ3) is 31.0. The van der Waals surface area contributed by atoms with Gasteiger partial charge in [-0.25, -0.2) is 0 Å². The van der Waals surface area contributed by atoms with Gasteiger partial charge in [-0.15, -0.1) is 0 Å². The number of carbonyl (C=O) groups excluding carboxylic acids is 2. The first-order chi connectivity index (χ1) is 28.8. The molecule has 1 aliphatic heterocycles. The van der Waals surface area contributed by atoms with Gasteiger partial charge in [0.05, 0.1) is 13.2 Å². The monoisotopic (exact) mass is 833 g/mol. The van der Waals surface area contributed by atoms with Gasteiger partial charge in [-0.05, 0) is 77.0 Å². The van der Waals surface area contributed by atoms with E-state index in [1.165, 1.54) is 89.9 Å². The van der Waals surface area contributed by atoms with Crippen molar-refractivity contribution in [2.75, 3.05) is 19.8 Å². The zero-order valence-corrected chi connectivity index (χ0v) is 37.0. The molecule has 0 amide bonds. The van der Waals surface area contributed by atoms with Crippen LogP contribution in [0.3, 0.4) is 0 Å². The number of allylic oxidation sites excluding steroid dienone is 10. The highest BCUT2D eigenvalue weighted by molar-refractivity contribution is 5.70. The lowest BCUT2D eigenvalue weighted by Crippen LogP contribution is -2.59. The Balaban J connectivity index is 2.36. The normalized spacial score (nSPS) is 20.5. The van der Waals surface area contributed by atoms with Crippen LogP contribution in [0.2, 0.25) is 0 Å². The number of aliphatic hydroxyl groups excluding tert-OH is 4. The van der Waals surface area contributed by atoms with Crippen LogP contribution in [0.25, 0.3) is 0 Å². The average molecular weight is 833 g/mol. The number of carbonyl (C=O) groups is 2. The molecule has 1 saturated heterocycles. The summed E-state index contributed by atoms with van der Waals surface area (Å²) >= 11 is 0. The van der Waals surface area contributed by atoms with Gasteiger partial charge in [0.1, 0.15) is 31.0 Å². The molecule has 6 atom stereocenters. The molecule has 1 rings (SSSR count). The third-order valence-corrected chi connectivity index (χ3v) is 10.4. The van der Waals surface area contributed by atoms with Gasteiger partial charge in [0.15, 0.2) is 12.4 Å². The number of hydrogen-bond acceptors (Lipinski definition) is 10. The van der Waals surface area contributed by atoms with Gasteiger partial charge in [0.25, 0.3) is 0 Å². The molecule has 10 heteroatoms. The second-order valence-corrected chi connectivity index (χ2v) is 15.8. The highest BCUT2D eigenvalue weighted by Crippen LogP contribution is 2.22.